The van der Waals surface area contributed by atoms with E-state index >= 15 is 0 Å². The molecular formula is C10H26O10Si6. The fraction of sp³-hybridized carbons (Fsp3) is 0.600. The molecule has 2 fully saturated rings. The van der Waals surface area contributed by atoms with Crippen LogP contribution in [0.2, 0.25) is 32.7 Å². The van der Waals surface area contributed by atoms with Gasteiger partial charge in [0.15, 0.2) is 0 Å². The van der Waals surface area contributed by atoms with Crippen molar-refractivity contribution < 1.29 is 42.8 Å². The van der Waals surface area contributed by atoms with Gasteiger partial charge in [0.1, 0.15) is 0 Å². The monoisotopic (exact) mass is 474 g/mol. The van der Waals surface area contributed by atoms with Gasteiger partial charge in [-0.3, -0.25) is 0 Å². The first kappa shape index (κ1) is 22.7. The normalized spacial score (nSPS) is 49.2. The molecule has 26 heavy (non-hydrogen) atoms. The lowest BCUT2D eigenvalue weighted by Crippen LogP contribution is -2.75. The van der Waals surface area contributed by atoms with Crippen molar-refractivity contribution in [3.05, 3.63) is 24.6 Å². The fourth-order valence-corrected chi connectivity index (χ4v) is 28.2. The maximum Gasteiger partial charge on any atom is 0.511 e. The van der Waals surface area contributed by atoms with E-state index in [4.69, 9.17) is 33.2 Å². The van der Waals surface area contributed by atoms with Crippen LogP contribution in [0, 0.1) is 0 Å². The third-order valence-corrected chi connectivity index (χ3v) is 25.3. The molecule has 10 nitrogen and oxygen atoms in total. The lowest BCUT2D eigenvalue weighted by molar-refractivity contribution is 0.0557. The third-order valence-electron chi connectivity index (χ3n) is 3.40. The van der Waals surface area contributed by atoms with Crippen molar-refractivity contribution in [3.63, 3.8) is 0 Å². The van der Waals surface area contributed by atoms with Crippen LogP contribution in [0.5, 0.6) is 0 Å². The summed E-state index contributed by atoms with van der Waals surface area (Å²) in [6, 6.07) is 0. The maximum atomic E-state index is 10.8. The molecule has 16 heteroatoms. The van der Waals surface area contributed by atoms with E-state index in [9.17, 15) is 9.59 Å². The molecule has 0 radical (unpaired) electrons. The highest BCUT2D eigenvalue weighted by Gasteiger charge is 2.67. The summed E-state index contributed by atoms with van der Waals surface area (Å²) in [5.74, 6) is 0. The van der Waals surface area contributed by atoms with Gasteiger partial charge in [0.2, 0.25) is 0 Å². The number of fused-ring (bicyclic) bond motifs is 2. The second-order valence-electron chi connectivity index (χ2n) is 6.58. The Morgan fingerprint density at radius 3 is 1.88 bits per heavy atom. The van der Waals surface area contributed by atoms with Gasteiger partial charge >= 0.3 is 52.6 Å². The fourth-order valence-electron chi connectivity index (χ4n) is 2.71. The molecule has 5 atom stereocenters. The van der Waals surface area contributed by atoms with Gasteiger partial charge in [-0.05, 0) is 24.5 Å². The topological polar surface area (TPSA) is 114 Å². The summed E-state index contributed by atoms with van der Waals surface area (Å²) in [4.78, 5) is 21.5. The first-order chi connectivity index (χ1) is 11.6. The van der Waals surface area contributed by atoms with Crippen LogP contribution in [0.3, 0.4) is 0 Å². The van der Waals surface area contributed by atoms with Crippen molar-refractivity contribution in [2.45, 2.75) is 32.7 Å². The molecule has 2 heterocycles. The maximum absolute atomic E-state index is 10.8. The molecular weight excluding hydrogens is 449 g/mol. The predicted molar refractivity (Wildman–Crippen MR) is 103 cm³/mol. The zero-order valence-electron chi connectivity index (χ0n) is 15.7. The van der Waals surface area contributed by atoms with Gasteiger partial charge < -0.3 is 42.8 Å². The molecule has 2 rings (SSSR count). The molecule has 2 aliphatic rings. The zero-order chi connectivity index (χ0) is 20.1. The van der Waals surface area contributed by atoms with Crippen molar-refractivity contribution in [3.8, 4) is 0 Å². The van der Waals surface area contributed by atoms with E-state index in [0.717, 1.165) is 0 Å². The average molecular weight is 475 g/mol. The molecule has 2 bridgehead atoms. The molecule has 0 spiro atoms. The Labute approximate surface area is 160 Å². The van der Waals surface area contributed by atoms with Gasteiger partial charge in [0.25, 0.3) is 0 Å². The molecule has 2 aliphatic heterocycles. The molecule has 0 aromatic heterocycles. The van der Waals surface area contributed by atoms with Crippen molar-refractivity contribution in [2.75, 3.05) is 7.11 Å². The molecule has 5 unspecified atom stereocenters. The van der Waals surface area contributed by atoms with Gasteiger partial charge in [-0.25, -0.2) is 0 Å². The Morgan fingerprint density at radius 1 is 0.769 bits per heavy atom. The van der Waals surface area contributed by atoms with Gasteiger partial charge in [-0.1, -0.05) is 6.58 Å². The van der Waals surface area contributed by atoms with E-state index in [0.29, 0.717) is 0 Å². The minimum absolute atomic E-state index is 1.19. The largest absolute Gasteiger partial charge is 0.511 e. The highest BCUT2D eigenvalue weighted by atomic mass is 28.6. The van der Waals surface area contributed by atoms with Gasteiger partial charge in [-0.2, -0.15) is 0 Å². The van der Waals surface area contributed by atoms with E-state index in [-0.39, 0.29) is 0 Å². The Hall–Kier alpha value is 0.381. The van der Waals surface area contributed by atoms with E-state index in [1.165, 1.54) is 25.1 Å². The summed E-state index contributed by atoms with van der Waals surface area (Å²) in [5.41, 5.74) is 2.52. The van der Waals surface area contributed by atoms with E-state index in [1.54, 1.807) is 26.2 Å². The van der Waals surface area contributed by atoms with Crippen LogP contribution in [0.15, 0.2) is 24.6 Å². The zero-order valence-corrected chi connectivity index (χ0v) is 21.7. The smallest absolute Gasteiger partial charge is 0.395 e. The summed E-state index contributed by atoms with van der Waals surface area (Å²) in [7, 11) is -20.1. The standard InChI is InChI=1S/C10H26O10Si6/c1-9-25(12)17-23(7,13-3)19-26(10-2)16-22(6,11)14-21(4,5)15-24(8,18-25)20-26/h9-12H,1-2H2,3-8H3. The summed E-state index contributed by atoms with van der Waals surface area (Å²) < 4.78 is 46.9. The number of rotatable bonds is 3. The minimum Gasteiger partial charge on any atom is -0.395 e. The van der Waals surface area contributed by atoms with Crippen molar-refractivity contribution in [1.29, 1.82) is 0 Å². The molecule has 0 aromatic carbocycles. The van der Waals surface area contributed by atoms with Gasteiger partial charge in [0, 0.05) is 26.8 Å². The molecule has 150 valence electrons. The van der Waals surface area contributed by atoms with Crippen molar-refractivity contribution in [1.82, 2.24) is 0 Å². The third kappa shape index (κ3) is 5.05. The molecule has 0 aliphatic carbocycles. The summed E-state index contributed by atoms with van der Waals surface area (Å²) >= 11 is 0. The van der Waals surface area contributed by atoms with Gasteiger partial charge in [0.05, 0.1) is 0 Å². The van der Waals surface area contributed by atoms with Crippen molar-refractivity contribution >= 4 is 52.6 Å². The average Bonchev–Trinajstić information content (AvgIpc) is 2.41. The molecule has 0 saturated carbocycles. The Morgan fingerprint density at radius 2 is 1.38 bits per heavy atom. The van der Waals surface area contributed by atoms with Crippen molar-refractivity contribution in [2.24, 2.45) is 0 Å². The second-order valence-corrected chi connectivity index (χ2v) is 24.0. The van der Waals surface area contributed by atoms with E-state index < -0.39 is 52.6 Å². The predicted octanol–water partition coefficient (Wildman–Crippen LogP) is 0.497. The Bertz CT molecular complexity index is 593. The van der Waals surface area contributed by atoms with Gasteiger partial charge in [-0.15, -0.1) is 6.58 Å². The summed E-state index contributed by atoms with van der Waals surface area (Å²) in [6.45, 7) is 15.3. The number of hydrogen-bond donors (Lipinski definition) is 2. The van der Waals surface area contributed by atoms with E-state index in [1.807, 2.05) is 0 Å². The first-order valence-electron chi connectivity index (χ1n) is 7.81. The van der Waals surface area contributed by atoms with Crippen LogP contribution in [0.1, 0.15) is 0 Å². The molecule has 2 N–H and O–H groups in total. The Balaban J connectivity index is 2.60. The van der Waals surface area contributed by atoms with Crippen LogP contribution in [-0.2, 0) is 33.2 Å². The molecule has 2 saturated heterocycles. The second kappa shape index (κ2) is 7.01. The molecule has 0 amide bonds. The molecule has 0 aromatic rings. The SMILES string of the molecule is C=C[Si]1(O)O[Si](C)(OC)O[Si]2(C=C)O[Si](C)(O)O[Si](C)(C)O[Si](C)(O1)O2. The minimum atomic E-state index is -3.95. The first-order valence-corrected chi connectivity index (χ1v) is 21.0. The number of hydrogen-bond acceptors (Lipinski definition) is 10. The highest BCUT2D eigenvalue weighted by Crippen LogP contribution is 2.37. The van der Waals surface area contributed by atoms with Crippen LogP contribution < -0.4 is 0 Å². The van der Waals surface area contributed by atoms with Crippen LogP contribution in [0.25, 0.3) is 0 Å². The van der Waals surface area contributed by atoms with Crippen LogP contribution in [0.4, 0.5) is 0 Å². The Kier molecular flexibility index (Phi) is 6.11. The lowest BCUT2D eigenvalue weighted by atomic mass is 11.3. The summed E-state index contributed by atoms with van der Waals surface area (Å²) in [6.07, 6.45) is 0. The summed E-state index contributed by atoms with van der Waals surface area (Å²) in [5, 5.41) is 0. The van der Waals surface area contributed by atoms with E-state index in [2.05, 4.69) is 13.2 Å². The van der Waals surface area contributed by atoms with Crippen LogP contribution >= 0.6 is 0 Å². The van der Waals surface area contributed by atoms with Crippen LogP contribution in [-0.4, -0.2) is 69.3 Å². The quantitative estimate of drug-likeness (QED) is 0.560. The lowest BCUT2D eigenvalue weighted by Gasteiger charge is -2.50. The highest BCUT2D eigenvalue weighted by molar-refractivity contribution is 6.96.